The van der Waals surface area contributed by atoms with Gasteiger partial charge in [0.05, 0.1) is 27.4 Å². The number of hydrogen-bond acceptors (Lipinski definition) is 4. The van der Waals surface area contributed by atoms with Crippen molar-refractivity contribution < 1.29 is 4.74 Å². The monoisotopic (exact) mass is 268 g/mol. The Hall–Kier alpha value is -0.840. The van der Waals surface area contributed by atoms with Crippen LogP contribution in [-0.2, 0) is 4.74 Å². The number of fused-ring (bicyclic) bond motifs is 1. The van der Waals surface area contributed by atoms with E-state index in [1.165, 1.54) is 0 Å². The van der Waals surface area contributed by atoms with Crippen molar-refractivity contribution in [1.29, 1.82) is 0 Å². The second-order valence-electron chi connectivity index (χ2n) is 4.60. The minimum atomic E-state index is 0.000350. The highest BCUT2D eigenvalue weighted by Gasteiger charge is 2.30. The predicted molar refractivity (Wildman–Crippen MR) is 72.1 cm³/mol. The number of anilines is 1. The average Bonchev–Trinajstić information content (AvgIpc) is 2.86. The van der Waals surface area contributed by atoms with Crippen molar-refractivity contribution in [2.75, 3.05) is 18.5 Å². The van der Waals surface area contributed by atoms with Crippen molar-refractivity contribution in [3.8, 4) is 0 Å². The molecule has 5 heteroatoms. The molecule has 1 N–H and O–H groups in total. The maximum absolute atomic E-state index is 6.14. The Labute approximate surface area is 109 Å². The second kappa shape index (κ2) is 4.12. The predicted octanol–water partition coefficient (Wildman–Crippen LogP) is 3.54. The van der Waals surface area contributed by atoms with Crippen LogP contribution in [0.5, 0.6) is 0 Å². The van der Waals surface area contributed by atoms with Crippen LogP contribution in [0, 0.1) is 0 Å². The Bertz CT molecular complexity index is 548. The van der Waals surface area contributed by atoms with Gasteiger partial charge in [-0.2, -0.15) is 0 Å². The van der Waals surface area contributed by atoms with E-state index in [1.807, 2.05) is 18.2 Å². The number of hydrogen-bond donors (Lipinski definition) is 1. The Morgan fingerprint density at radius 2 is 2.41 bits per heavy atom. The van der Waals surface area contributed by atoms with E-state index in [-0.39, 0.29) is 5.54 Å². The van der Waals surface area contributed by atoms with E-state index >= 15 is 0 Å². The van der Waals surface area contributed by atoms with Crippen molar-refractivity contribution >= 4 is 38.3 Å². The fraction of sp³-hybridized carbons (Fsp3) is 0.417. The second-order valence-corrected chi connectivity index (χ2v) is 6.00. The molecule has 1 aromatic heterocycles. The van der Waals surface area contributed by atoms with Crippen LogP contribution in [0.1, 0.15) is 13.3 Å². The summed E-state index contributed by atoms with van der Waals surface area (Å²) in [6.07, 6.45) is 1.01. The number of rotatable bonds is 2. The van der Waals surface area contributed by atoms with Crippen LogP contribution < -0.4 is 5.32 Å². The first-order chi connectivity index (χ1) is 8.16. The SMILES string of the molecule is CC1(Nc2nc3cccc(Cl)c3s2)CCOC1. The van der Waals surface area contributed by atoms with E-state index in [9.17, 15) is 0 Å². The third-order valence-corrected chi connectivity index (χ3v) is 4.44. The molecule has 1 aliphatic rings. The van der Waals surface area contributed by atoms with E-state index in [4.69, 9.17) is 16.3 Å². The molecular formula is C12H13ClN2OS. The van der Waals surface area contributed by atoms with Crippen molar-refractivity contribution in [2.24, 2.45) is 0 Å². The lowest BCUT2D eigenvalue weighted by molar-refractivity contribution is 0.185. The van der Waals surface area contributed by atoms with Crippen LogP contribution in [0.4, 0.5) is 5.13 Å². The highest BCUT2D eigenvalue weighted by Crippen LogP contribution is 2.34. The fourth-order valence-corrected chi connectivity index (χ4v) is 3.30. The minimum Gasteiger partial charge on any atom is -0.379 e. The summed E-state index contributed by atoms with van der Waals surface area (Å²) in [5.41, 5.74) is 0.952. The summed E-state index contributed by atoms with van der Waals surface area (Å²) in [6, 6.07) is 5.80. The van der Waals surface area contributed by atoms with Gasteiger partial charge in [-0.05, 0) is 25.5 Å². The Morgan fingerprint density at radius 1 is 1.53 bits per heavy atom. The molecular weight excluding hydrogens is 256 g/mol. The molecule has 3 nitrogen and oxygen atoms in total. The van der Waals surface area contributed by atoms with Crippen LogP contribution in [0.2, 0.25) is 5.02 Å². The van der Waals surface area contributed by atoms with Crippen molar-refractivity contribution in [3.63, 3.8) is 0 Å². The summed E-state index contributed by atoms with van der Waals surface area (Å²) >= 11 is 7.74. The third-order valence-electron chi connectivity index (χ3n) is 2.99. The van der Waals surface area contributed by atoms with E-state index < -0.39 is 0 Å². The molecule has 0 spiro atoms. The van der Waals surface area contributed by atoms with E-state index in [2.05, 4.69) is 17.2 Å². The van der Waals surface area contributed by atoms with Gasteiger partial charge in [-0.25, -0.2) is 4.98 Å². The zero-order valence-electron chi connectivity index (χ0n) is 9.50. The lowest BCUT2D eigenvalue weighted by Crippen LogP contribution is -2.34. The van der Waals surface area contributed by atoms with Gasteiger partial charge in [-0.1, -0.05) is 29.0 Å². The Balaban J connectivity index is 1.93. The quantitative estimate of drug-likeness (QED) is 0.905. The first kappa shape index (κ1) is 11.3. The molecule has 3 rings (SSSR count). The molecule has 0 saturated carbocycles. The number of ether oxygens (including phenoxy) is 1. The van der Waals surface area contributed by atoms with Crippen molar-refractivity contribution in [1.82, 2.24) is 4.98 Å². The molecule has 1 aliphatic heterocycles. The highest BCUT2D eigenvalue weighted by atomic mass is 35.5. The lowest BCUT2D eigenvalue weighted by atomic mass is 10.0. The minimum absolute atomic E-state index is 0.000350. The smallest absolute Gasteiger partial charge is 0.184 e. The molecule has 90 valence electrons. The lowest BCUT2D eigenvalue weighted by Gasteiger charge is -2.22. The molecule has 2 aromatic rings. The number of aromatic nitrogens is 1. The largest absolute Gasteiger partial charge is 0.379 e. The summed E-state index contributed by atoms with van der Waals surface area (Å²) in [7, 11) is 0. The molecule has 17 heavy (non-hydrogen) atoms. The molecule has 2 heterocycles. The van der Waals surface area contributed by atoms with Crippen LogP contribution in [0.15, 0.2) is 18.2 Å². The highest BCUT2D eigenvalue weighted by molar-refractivity contribution is 7.22. The van der Waals surface area contributed by atoms with Gasteiger partial charge in [0, 0.05) is 6.61 Å². The maximum Gasteiger partial charge on any atom is 0.184 e. The summed E-state index contributed by atoms with van der Waals surface area (Å²) < 4.78 is 6.46. The Kier molecular flexibility index (Phi) is 2.73. The van der Waals surface area contributed by atoms with Gasteiger partial charge in [-0.15, -0.1) is 0 Å². The average molecular weight is 269 g/mol. The first-order valence-corrected chi connectivity index (χ1v) is 6.77. The number of thiazole rings is 1. The maximum atomic E-state index is 6.14. The van der Waals surface area contributed by atoms with E-state index in [1.54, 1.807) is 11.3 Å². The summed E-state index contributed by atoms with van der Waals surface area (Å²) in [5.74, 6) is 0. The molecule has 1 fully saturated rings. The van der Waals surface area contributed by atoms with Gasteiger partial charge in [-0.3, -0.25) is 0 Å². The van der Waals surface area contributed by atoms with Crippen LogP contribution in [0.25, 0.3) is 10.2 Å². The zero-order chi connectivity index (χ0) is 11.9. The van der Waals surface area contributed by atoms with E-state index in [0.717, 1.165) is 40.0 Å². The fourth-order valence-electron chi connectivity index (χ4n) is 1.99. The van der Waals surface area contributed by atoms with Gasteiger partial charge >= 0.3 is 0 Å². The Morgan fingerprint density at radius 3 is 3.12 bits per heavy atom. The van der Waals surface area contributed by atoms with Crippen LogP contribution >= 0.6 is 22.9 Å². The summed E-state index contributed by atoms with van der Waals surface area (Å²) in [4.78, 5) is 4.55. The molecule has 0 radical (unpaired) electrons. The molecule has 1 aromatic carbocycles. The van der Waals surface area contributed by atoms with Gasteiger partial charge in [0.15, 0.2) is 5.13 Å². The standard InChI is InChI=1S/C12H13ClN2OS/c1-12(5-6-16-7-12)15-11-14-9-4-2-3-8(13)10(9)17-11/h2-4H,5-7H2,1H3,(H,14,15). The molecule has 1 saturated heterocycles. The normalized spacial score (nSPS) is 24.4. The van der Waals surface area contributed by atoms with Gasteiger partial charge < -0.3 is 10.1 Å². The third kappa shape index (κ3) is 2.12. The number of benzene rings is 1. The summed E-state index contributed by atoms with van der Waals surface area (Å²) in [5, 5.41) is 5.14. The molecule has 0 amide bonds. The van der Waals surface area contributed by atoms with Gasteiger partial charge in [0.25, 0.3) is 0 Å². The van der Waals surface area contributed by atoms with Crippen molar-refractivity contribution in [3.05, 3.63) is 23.2 Å². The summed E-state index contributed by atoms with van der Waals surface area (Å²) in [6.45, 7) is 3.71. The number of nitrogens with one attached hydrogen (secondary N) is 1. The molecule has 1 unspecified atom stereocenters. The van der Waals surface area contributed by atoms with Crippen molar-refractivity contribution in [2.45, 2.75) is 18.9 Å². The number of nitrogens with zero attached hydrogens (tertiary/aromatic N) is 1. The first-order valence-electron chi connectivity index (χ1n) is 5.57. The molecule has 0 bridgehead atoms. The molecule has 1 atom stereocenters. The topological polar surface area (TPSA) is 34.2 Å². The van der Waals surface area contributed by atoms with Crippen LogP contribution in [-0.4, -0.2) is 23.7 Å². The number of halogens is 1. The van der Waals surface area contributed by atoms with Crippen LogP contribution in [0.3, 0.4) is 0 Å². The van der Waals surface area contributed by atoms with E-state index in [0.29, 0.717) is 0 Å². The molecule has 0 aliphatic carbocycles. The van der Waals surface area contributed by atoms with Gasteiger partial charge in [0.1, 0.15) is 0 Å². The zero-order valence-corrected chi connectivity index (χ0v) is 11.1. The van der Waals surface area contributed by atoms with Gasteiger partial charge in [0.2, 0.25) is 0 Å².